The highest BCUT2D eigenvalue weighted by Gasteiger charge is 2.44. The molecule has 2 aromatic carbocycles. The van der Waals surface area contributed by atoms with Gasteiger partial charge in [-0.25, -0.2) is 0 Å². The molecule has 7 heteroatoms. The van der Waals surface area contributed by atoms with E-state index in [0.717, 1.165) is 35.6 Å². The summed E-state index contributed by atoms with van der Waals surface area (Å²) in [4.78, 5) is 38.7. The maximum atomic E-state index is 13.0. The standard InChI is InChI=1S/C25H33N3O4/c26-13-5-1-2-11-22(29)24(27)21-15-19(16-23(30)31)25(32)28(21)14-12-18-9-6-8-17-7-3-4-10-20(17)18/h3-4,6-10,19,21,24H,1-2,5,11-16,26-27H2,(H,30,31)/t19-,21-,24?/m0/s1. The van der Waals surface area contributed by atoms with Gasteiger partial charge in [0.1, 0.15) is 0 Å². The molecule has 172 valence electrons. The van der Waals surface area contributed by atoms with Crippen LogP contribution in [0.25, 0.3) is 10.8 Å². The molecule has 7 nitrogen and oxygen atoms in total. The Hall–Kier alpha value is -2.77. The minimum Gasteiger partial charge on any atom is -0.481 e. The van der Waals surface area contributed by atoms with Crippen molar-refractivity contribution >= 4 is 28.4 Å². The predicted molar refractivity (Wildman–Crippen MR) is 124 cm³/mol. The third kappa shape index (κ3) is 5.72. The van der Waals surface area contributed by atoms with E-state index in [9.17, 15) is 19.5 Å². The first-order valence-electron chi connectivity index (χ1n) is 11.4. The monoisotopic (exact) mass is 439 g/mol. The van der Waals surface area contributed by atoms with Gasteiger partial charge in [0.25, 0.3) is 0 Å². The largest absolute Gasteiger partial charge is 0.481 e. The molecule has 1 heterocycles. The topological polar surface area (TPSA) is 127 Å². The van der Waals surface area contributed by atoms with E-state index < -0.39 is 24.0 Å². The predicted octanol–water partition coefficient (Wildman–Crippen LogP) is 2.49. The number of carboxylic acid groups (broad SMARTS) is 1. The number of fused-ring (bicyclic) bond motifs is 1. The molecule has 0 spiro atoms. The average Bonchev–Trinajstić information content (AvgIpc) is 3.09. The molecule has 0 saturated carbocycles. The molecule has 1 aliphatic heterocycles. The number of carbonyl (C=O) groups is 3. The van der Waals surface area contributed by atoms with Gasteiger partial charge in [-0.2, -0.15) is 0 Å². The quantitative estimate of drug-likeness (QED) is 0.436. The van der Waals surface area contributed by atoms with Crippen LogP contribution >= 0.6 is 0 Å². The molecule has 2 aromatic rings. The zero-order valence-electron chi connectivity index (χ0n) is 18.4. The second kappa shape index (κ2) is 11.2. The molecule has 1 unspecified atom stereocenters. The summed E-state index contributed by atoms with van der Waals surface area (Å²) in [6.07, 6.45) is 3.48. The lowest BCUT2D eigenvalue weighted by molar-refractivity contribution is -0.142. The number of nitrogens with two attached hydrogens (primary N) is 2. The molecule has 3 atom stereocenters. The number of benzene rings is 2. The van der Waals surface area contributed by atoms with Gasteiger partial charge < -0.3 is 21.5 Å². The van der Waals surface area contributed by atoms with E-state index >= 15 is 0 Å². The Morgan fingerprint density at radius 3 is 2.59 bits per heavy atom. The van der Waals surface area contributed by atoms with Gasteiger partial charge in [0.15, 0.2) is 5.78 Å². The van der Waals surface area contributed by atoms with Crippen LogP contribution in [0, 0.1) is 5.92 Å². The highest BCUT2D eigenvalue weighted by molar-refractivity contribution is 5.90. The number of ketones is 1. The third-order valence-corrected chi connectivity index (χ3v) is 6.40. The molecule has 1 saturated heterocycles. The normalized spacial score (nSPS) is 19.4. The van der Waals surface area contributed by atoms with Gasteiger partial charge in [0.2, 0.25) is 5.91 Å². The van der Waals surface area contributed by atoms with E-state index in [-0.39, 0.29) is 18.1 Å². The van der Waals surface area contributed by atoms with E-state index in [1.165, 1.54) is 0 Å². The van der Waals surface area contributed by atoms with E-state index in [0.29, 0.717) is 32.4 Å². The molecule has 1 aliphatic rings. The Bertz CT molecular complexity index is 956. The number of hydrogen-bond donors (Lipinski definition) is 3. The lowest BCUT2D eigenvalue weighted by Gasteiger charge is -2.29. The fraction of sp³-hybridized carbons (Fsp3) is 0.480. The fourth-order valence-electron chi connectivity index (χ4n) is 4.67. The highest BCUT2D eigenvalue weighted by atomic mass is 16.4. The van der Waals surface area contributed by atoms with Crippen LogP contribution in [0.3, 0.4) is 0 Å². The van der Waals surface area contributed by atoms with Crippen LogP contribution in [0.5, 0.6) is 0 Å². The summed E-state index contributed by atoms with van der Waals surface area (Å²) >= 11 is 0. The molecule has 32 heavy (non-hydrogen) atoms. The number of hydrogen-bond acceptors (Lipinski definition) is 5. The van der Waals surface area contributed by atoms with Crippen molar-refractivity contribution in [1.29, 1.82) is 0 Å². The van der Waals surface area contributed by atoms with Crippen molar-refractivity contribution in [2.45, 2.75) is 57.0 Å². The Morgan fingerprint density at radius 1 is 1.09 bits per heavy atom. The fourth-order valence-corrected chi connectivity index (χ4v) is 4.67. The van der Waals surface area contributed by atoms with Crippen molar-refractivity contribution in [1.82, 2.24) is 4.90 Å². The van der Waals surface area contributed by atoms with Crippen LogP contribution in [-0.2, 0) is 20.8 Å². The Morgan fingerprint density at radius 2 is 1.84 bits per heavy atom. The van der Waals surface area contributed by atoms with Gasteiger partial charge in [0.05, 0.1) is 24.4 Å². The number of Topliss-reactive ketones (excluding diaryl/α,β-unsaturated/α-hetero) is 1. The second-order valence-electron chi connectivity index (χ2n) is 8.61. The molecule has 3 rings (SSSR count). The van der Waals surface area contributed by atoms with E-state index in [1.54, 1.807) is 4.90 Å². The summed E-state index contributed by atoms with van der Waals surface area (Å²) < 4.78 is 0. The maximum absolute atomic E-state index is 13.0. The van der Waals surface area contributed by atoms with E-state index in [1.807, 2.05) is 36.4 Å². The van der Waals surface area contributed by atoms with Gasteiger partial charge in [0, 0.05) is 13.0 Å². The van der Waals surface area contributed by atoms with Crippen molar-refractivity contribution < 1.29 is 19.5 Å². The average molecular weight is 440 g/mol. The van der Waals surface area contributed by atoms with Gasteiger partial charge in [-0.15, -0.1) is 0 Å². The maximum Gasteiger partial charge on any atom is 0.304 e. The number of nitrogens with zero attached hydrogens (tertiary/aromatic N) is 1. The number of rotatable bonds is 12. The zero-order chi connectivity index (χ0) is 23.1. The van der Waals surface area contributed by atoms with Crippen molar-refractivity contribution in [3.8, 4) is 0 Å². The van der Waals surface area contributed by atoms with Crippen molar-refractivity contribution in [3.05, 3.63) is 48.0 Å². The molecular formula is C25H33N3O4. The van der Waals surface area contributed by atoms with Crippen LogP contribution in [0.4, 0.5) is 0 Å². The summed E-state index contributed by atoms with van der Waals surface area (Å²) in [7, 11) is 0. The summed E-state index contributed by atoms with van der Waals surface area (Å²) in [6.45, 7) is 0.998. The molecule has 5 N–H and O–H groups in total. The number of aliphatic carboxylic acids is 1. The van der Waals surface area contributed by atoms with Crippen LogP contribution < -0.4 is 11.5 Å². The van der Waals surface area contributed by atoms with E-state index in [4.69, 9.17) is 11.5 Å². The SMILES string of the molecule is NCCCCCC(=O)C(N)[C@@H]1C[C@@H](CC(=O)O)C(=O)N1CCc1cccc2ccccc12. The van der Waals surface area contributed by atoms with Crippen LogP contribution in [-0.4, -0.2) is 52.8 Å². The summed E-state index contributed by atoms with van der Waals surface area (Å²) in [5, 5.41) is 11.5. The van der Waals surface area contributed by atoms with Gasteiger partial charge in [-0.1, -0.05) is 48.9 Å². The summed E-state index contributed by atoms with van der Waals surface area (Å²) in [6, 6.07) is 12.9. The molecule has 0 aliphatic carbocycles. The van der Waals surface area contributed by atoms with Gasteiger partial charge in [-0.3, -0.25) is 14.4 Å². The first-order valence-corrected chi connectivity index (χ1v) is 11.4. The second-order valence-corrected chi connectivity index (χ2v) is 8.61. The van der Waals surface area contributed by atoms with Crippen LogP contribution in [0.1, 0.15) is 44.1 Å². The molecule has 0 aromatic heterocycles. The summed E-state index contributed by atoms with van der Waals surface area (Å²) in [5.74, 6) is -1.95. The number of unbranched alkanes of at least 4 members (excludes halogenated alkanes) is 2. The Kier molecular flexibility index (Phi) is 8.36. The first-order chi connectivity index (χ1) is 15.4. The minimum atomic E-state index is -1.01. The number of carboxylic acids is 1. The Labute approximate surface area is 188 Å². The zero-order valence-corrected chi connectivity index (χ0v) is 18.4. The van der Waals surface area contributed by atoms with Crippen LogP contribution in [0.15, 0.2) is 42.5 Å². The molecule has 0 bridgehead atoms. The van der Waals surface area contributed by atoms with Gasteiger partial charge in [-0.05, 0) is 48.6 Å². The van der Waals surface area contributed by atoms with Crippen LogP contribution in [0.2, 0.25) is 0 Å². The van der Waals surface area contributed by atoms with Gasteiger partial charge >= 0.3 is 5.97 Å². The van der Waals surface area contributed by atoms with Crippen molar-refractivity contribution in [2.75, 3.05) is 13.1 Å². The summed E-state index contributed by atoms with van der Waals surface area (Å²) in [5.41, 5.74) is 12.9. The van der Waals surface area contributed by atoms with Crippen molar-refractivity contribution in [2.24, 2.45) is 17.4 Å². The van der Waals surface area contributed by atoms with E-state index in [2.05, 4.69) is 6.07 Å². The lowest BCUT2D eigenvalue weighted by Crippen LogP contribution is -2.50. The Balaban J connectivity index is 1.74. The highest BCUT2D eigenvalue weighted by Crippen LogP contribution is 2.30. The molecule has 1 amide bonds. The number of carbonyl (C=O) groups excluding carboxylic acids is 2. The number of likely N-dealkylation sites (tertiary alicyclic amines) is 1. The van der Waals surface area contributed by atoms with Crippen molar-refractivity contribution in [3.63, 3.8) is 0 Å². The lowest BCUT2D eigenvalue weighted by atomic mass is 9.94. The third-order valence-electron chi connectivity index (χ3n) is 6.40. The minimum absolute atomic E-state index is 0.0778. The molecule has 0 radical (unpaired) electrons. The first kappa shape index (κ1) is 23.9. The number of amides is 1. The smallest absolute Gasteiger partial charge is 0.304 e. The molecular weight excluding hydrogens is 406 g/mol. The molecule has 1 fully saturated rings.